The van der Waals surface area contributed by atoms with E-state index in [-0.39, 0.29) is 0 Å². The van der Waals surface area contributed by atoms with Crippen LogP contribution >= 0.6 is 0 Å². The Bertz CT molecular complexity index is 839. The molecule has 0 atom stereocenters. The minimum absolute atomic E-state index is 0.445. The Balaban J connectivity index is 1.56. The lowest BCUT2D eigenvalue weighted by atomic mass is 10.3. The van der Waals surface area contributed by atoms with Crippen molar-refractivity contribution in [3.8, 4) is 0 Å². The number of rotatable bonds is 2. The normalized spacial score (nSPS) is 15.4. The third-order valence-corrected chi connectivity index (χ3v) is 3.99. The molecule has 3 aromatic rings. The Morgan fingerprint density at radius 3 is 2.61 bits per heavy atom. The lowest BCUT2D eigenvalue weighted by Crippen LogP contribution is -2.47. The molecule has 23 heavy (non-hydrogen) atoms. The molecule has 1 aliphatic rings. The van der Waals surface area contributed by atoms with Crippen molar-refractivity contribution < 1.29 is 4.39 Å². The van der Waals surface area contributed by atoms with Crippen molar-refractivity contribution >= 4 is 17.4 Å². The van der Waals surface area contributed by atoms with Gasteiger partial charge in [-0.15, -0.1) is 0 Å². The molecule has 4 rings (SSSR count). The molecule has 0 amide bonds. The average molecular weight is 313 g/mol. The van der Waals surface area contributed by atoms with E-state index in [0.717, 1.165) is 37.7 Å². The summed E-state index contributed by atoms with van der Waals surface area (Å²) in [7, 11) is 0. The number of anilines is 2. The van der Waals surface area contributed by atoms with Crippen LogP contribution in [-0.4, -0.2) is 50.7 Å². The molecule has 1 saturated heterocycles. The molecule has 0 unspecified atom stereocenters. The van der Waals surface area contributed by atoms with Gasteiger partial charge in [-0.05, 0) is 19.1 Å². The van der Waals surface area contributed by atoms with Gasteiger partial charge in [-0.25, -0.2) is 9.97 Å². The first-order valence-electron chi connectivity index (χ1n) is 7.50. The summed E-state index contributed by atoms with van der Waals surface area (Å²) in [4.78, 5) is 16.8. The molecule has 0 N–H and O–H groups in total. The van der Waals surface area contributed by atoms with Crippen LogP contribution in [0.5, 0.6) is 0 Å². The molecule has 8 heteroatoms. The second-order valence-electron chi connectivity index (χ2n) is 5.52. The van der Waals surface area contributed by atoms with Crippen LogP contribution in [0.4, 0.5) is 16.0 Å². The van der Waals surface area contributed by atoms with Crippen molar-refractivity contribution in [2.24, 2.45) is 0 Å². The van der Waals surface area contributed by atoms with E-state index in [9.17, 15) is 4.39 Å². The molecule has 3 aromatic heterocycles. The lowest BCUT2D eigenvalue weighted by Gasteiger charge is -2.36. The van der Waals surface area contributed by atoms with Crippen LogP contribution in [0.2, 0.25) is 0 Å². The first kappa shape index (κ1) is 13.9. The summed E-state index contributed by atoms with van der Waals surface area (Å²) in [5.41, 5.74) is 0.912. The van der Waals surface area contributed by atoms with Crippen LogP contribution in [-0.2, 0) is 0 Å². The van der Waals surface area contributed by atoms with Crippen LogP contribution in [0.3, 0.4) is 0 Å². The number of hydrogen-bond donors (Lipinski definition) is 0. The van der Waals surface area contributed by atoms with Crippen LogP contribution in [0.1, 0.15) is 5.69 Å². The predicted molar refractivity (Wildman–Crippen MR) is 84.1 cm³/mol. The molecule has 0 aromatic carbocycles. The predicted octanol–water partition coefficient (Wildman–Crippen LogP) is 1.29. The maximum absolute atomic E-state index is 13.3. The zero-order chi connectivity index (χ0) is 15.8. The Morgan fingerprint density at radius 1 is 1.04 bits per heavy atom. The zero-order valence-electron chi connectivity index (χ0n) is 12.7. The highest BCUT2D eigenvalue weighted by molar-refractivity contribution is 5.49. The van der Waals surface area contributed by atoms with E-state index in [4.69, 9.17) is 0 Å². The van der Waals surface area contributed by atoms with Crippen molar-refractivity contribution in [2.75, 3.05) is 36.0 Å². The lowest BCUT2D eigenvalue weighted by molar-refractivity contribution is 0.573. The number of aromatic nitrogens is 5. The Labute approximate surface area is 132 Å². The van der Waals surface area contributed by atoms with E-state index >= 15 is 0 Å². The average Bonchev–Trinajstić information content (AvgIpc) is 3.02. The molecule has 0 aliphatic carbocycles. The SMILES string of the molecule is Cc1cc(N2CCN(c3cccc(F)n3)CC2)n2ncnc2n1. The number of pyridine rings is 1. The molecule has 7 nitrogen and oxygen atoms in total. The van der Waals surface area contributed by atoms with Gasteiger partial charge in [0.2, 0.25) is 5.95 Å². The van der Waals surface area contributed by atoms with Gasteiger partial charge in [0.15, 0.2) is 0 Å². The molecule has 0 spiro atoms. The van der Waals surface area contributed by atoms with Gasteiger partial charge < -0.3 is 9.80 Å². The van der Waals surface area contributed by atoms with Gasteiger partial charge in [0.25, 0.3) is 5.78 Å². The van der Waals surface area contributed by atoms with Crippen LogP contribution in [0.25, 0.3) is 5.78 Å². The van der Waals surface area contributed by atoms with Gasteiger partial charge >= 0.3 is 0 Å². The van der Waals surface area contributed by atoms with E-state index in [1.165, 1.54) is 12.4 Å². The summed E-state index contributed by atoms with van der Waals surface area (Å²) in [6, 6.07) is 6.90. The first-order chi connectivity index (χ1) is 11.2. The molecule has 1 fully saturated rings. The van der Waals surface area contributed by atoms with E-state index in [1.54, 1.807) is 10.6 Å². The summed E-state index contributed by atoms with van der Waals surface area (Å²) in [5, 5.41) is 4.25. The largest absolute Gasteiger partial charge is 0.353 e. The maximum atomic E-state index is 13.3. The van der Waals surface area contributed by atoms with Gasteiger partial charge in [-0.1, -0.05) is 6.07 Å². The third-order valence-electron chi connectivity index (χ3n) is 3.99. The topological polar surface area (TPSA) is 62.5 Å². The summed E-state index contributed by atoms with van der Waals surface area (Å²) >= 11 is 0. The second kappa shape index (κ2) is 5.45. The van der Waals surface area contributed by atoms with Crippen molar-refractivity contribution in [3.63, 3.8) is 0 Å². The minimum Gasteiger partial charge on any atom is -0.353 e. The second-order valence-corrected chi connectivity index (χ2v) is 5.52. The van der Waals surface area contributed by atoms with E-state index < -0.39 is 5.95 Å². The molecule has 1 aliphatic heterocycles. The number of piperazine rings is 1. The quantitative estimate of drug-likeness (QED) is 0.665. The number of hydrogen-bond acceptors (Lipinski definition) is 6. The van der Waals surface area contributed by atoms with Gasteiger partial charge in [-0.2, -0.15) is 19.0 Å². The first-order valence-corrected chi connectivity index (χ1v) is 7.50. The Kier molecular flexibility index (Phi) is 3.29. The summed E-state index contributed by atoms with van der Waals surface area (Å²) in [6.07, 6.45) is 1.51. The van der Waals surface area contributed by atoms with E-state index in [0.29, 0.717) is 11.6 Å². The van der Waals surface area contributed by atoms with Gasteiger partial charge in [0.05, 0.1) is 0 Å². The highest BCUT2D eigenvalue weighted by Crippen LogP contribution is 2.20. The monoisotopic (exact) mass is 313 g/mol. The van der Waals surface area contributed by atoms with Gasteiger partial charge in [0, 0.05) is 37.9 Å². The fourth-order valence-electron chi connectivity index (χ4n) is 2.87. The molecule has 0 bridgehead atoms. The Morgan fingerprint density at radius 2 is 1.83 bits per heavy atom. The summed E-state index contributed by atoms with van der Waals surface area (Å²) in [5.74, 6) is 1.83. The number of fused-ring (bicyclic) bond motifs is 1. The minimum atomic E-state index is -0.445. The highest BCUT2D eigenvalue weighted by Gasteiger charge is 2.21. The third kappa shape index (κ3) is 2.56. The molecule has 0 saturated carbocycles. The fourth-order valence-corrected chi connectivity index (χ4v) is 2.87. The van der Waals surface area contributed by atoms with E-state index in [2.05, 4.69) is 29.9 Å². The van der Waals surface area contributed by atoms with E-state index in [1.807, 2.05) is 19.1 Å². The number of aryl methyl sites for hydroxylation is 1. The van der Waals surface area contributed by atoms with Crippen molar-refractivity contribution in [1.82, 2.24) is 24.6 Å². The summed E-state index contributed by atoms with van der Waals surface area (Å²) < 4.78 is 15.0. The van der Waals surface area contributed by atoms with Crippen molar-refractivity contribution in [2.45, 2.75) is 6.92 Å². The Hall–Kier alpha value is -2.77. The molecule has 4 heterocycles. The highest BCUT2D eigenvalue weighted by atomic mass is 19.1. The van der Waals surface area contributed by atoms with Crippen molar-refractivity contribution in [3.05, 3.63) is 42.2 Å². The standard InChI is InChI=1S/C15H16FN7/c1-11-9-14(23-15(19-11)17-10-18-23)22-7-5-21(6-8-22)13-4-2-3-12(16)20-13/h2-4,9-10H,5-8H2,1H3. The van der Waals surface area contributed by atoms with Crippen LogP contribution < -0.4 is 9.80 Å². The molecule has 0 radical (unpaired) electrons. The fraction of sp³-hybridized carbons (Fsp3) is 0.333. The van der Waals surface area contributed by atoms with Gasteiger partial charge in [-0.3, -0.25) is 0 Å². The zero-order valence-corrected chi connectivity index (χ0v) is 12.7. The molecular formula is C15H16FN7. The maximum Gasteiger partial charge on any atom is 0.254 e. The van der Waals surface area contributed by atoms with Crippen LogP contribution in [0.15, 0.2) is 30.6 Å². The van der Waals surface area contributed by atoms with Gasteiger partial charge in [0.1, 0.15) is 18.0 Å². The number of nitrogens with zero attached hydrogens (tertiary/aromatic N) is 7. The molecule has 118 valence electrons. The van der Waals surface area contributed by atoms with Crippen LogP contribution in [0, 0.1) is 12.9 Å². The number of halogens is 1. The summed E-state index contributed by atoms with van der Waals surface area (Å²) in [6.45, 7) is 5.10. The smallest absolute Gasteiger partial charge is 0.254 e. The van der Waals surface area contributed by atoms with Crippen molar-refractivity contribution in [1.29, 1.82) is 0 Å². The molecular weight excluding hydrogens is 297 g/mol.